The molecule has 1 aliphatic rings. The van der Waals surface area contributed by atoms with Crippen molar-refractivity contribution in [2.24, 2.45) is 0 Å². The van der Waals surface area contributed by atoms with Crippen molar-refractivity contribution in [2.75, 3.05) is 13.1 Å². The molecule has 34 heavy (non-hydrogen) atoms. The molecule has 1 amide bonds. The maximum Gasteiger partial charge on any atom is 0.410 e. The highest BCUT2D eigenvalue weighted by Crippen LogP contribution is 2.44. The van der Waals surface area contributed by atoms with Gasteiger partial charge in [-0.25, -0.2) is 22.1 Å². The topological polar surface area (TPSA) is 92.8 Å². The molecule has 0 aromatic heterocycles. The van der Waals surface area contributed by atoms with Gasteiger partial charge in [0.25, 0.3) is 0 Å². The Morgan fingerprint density at radius 3 is 2.21 bits per heavy atom. The van der Waals surface area contributed by atoms with Crippen molar-refractivity contribution >= 4 is 26.9 Å². The molecule has 2 aromatic rings. The average molecular weight is 515 g/mol. The van der Waals surface area contributed by atoms with Crippen molar-refractivity contribution in [3.8, 4) is 0 Å². The van der Waals surface area contributed by atoms with Crippen LogP contribution in [0.1, 0.15) is 32.8 Å². The Hall–Kier alpha value is -2.37. The van der Waals surface area contributed by atoms with Gasteiger partial charge in [-0.1, -0.05) is 48.5 Å². The quantitative estimate of drug-likeness (QED) is 0.605. The van der Waals surface area contributed by atoms with E-state index in [1.165, 1.54) is 18.2 Å². The van der Waals surface area contributed by atoms with E-state index in [1.54, 1.807) is 51.1 Å². The molecule has 11 heteroatoms. The number of hydrogen-bond acceptors (Lipinski definition) is 5. The van der Waals surface area contributed by atoms with Crippen LogP contribution in [0.2, 0.25) is 0 Å². The standard InChI is InChI=1S/C23H28F2N2O5S2/c1-21(2,3)33(29)26-22(23(24,25)34(30,31)19-12-8-5-9-13-19)14-15-27(17-22)20(28)32-16-18-10-6-4-7-11-18/h4-13,26H,14-17H2,1-3H3. The van der Waals surface area contributed by atoms with Gasteiger partial charge in [0.1, 0.15) is 12.1 Å². The van der Waals surface area contributed by atoms with Crippen LogP contribution in [-0.4, -0.2) is 52.2 Å². The summed E-state index contributed by atoms with van der Waals surface area (Å²) in [6.07, 6.45) is -1.30. The van der Waals surface area contributed by atoms with E-state index >= 15 is 8.78 Å². The van der Waals surface area contributed by atoms with E-state index in [4.69, 9.17) is 4.74 Å². The predicted molar refractivity (Wildman–Crippen MR) is 125 cm³/mol. The van der Waals surface area contributed by atoms with E-state index in [2.05, 4.69) is 4.72 Å². The lowest BCUT2D eigenvalue weighted by molar-refractivity contribution is 0.00140. The number of nitrogens with one attached hydrogen (secondary N) is 1. The van der Waals surface area contributed by atoms with Crippen molar-refractivity contribution in [3.05, 3.63) is 66.2 Å². The molecule has 0 bridgehead atoms. The van der Waals surface area contributed by atoms with Crippen LogP contribution in [-0.2, 0) is 32.2 Å². The maximum atomic E-state index is 15.9. The highest BCUT2D eigenvalue weighted by molar-refractivity contribution is 7.92. The Kier molecular flexibility index (Phi) is 7.49. The van der Waals surface area contributed by atoms with Gasteiger partial charge in [-0.3, -0.25) is 0 Å². The SMILES string of the molecule is CC(C)(C)S(=O)NC1(C(F)(F)S(=O)(=O)c2ccccc2)CCN(C(=O)OCc2ccccc2)C1. The normalized spacial score (nSPS) is 20.2. The molecule has 7 nitrogen and oxygen atoms in total. The van der Waals surface area contributed by atoms with Crippen molar-refractivity contribution in [1.82, 2.24) is 9.62 Å². The van der Waals surface area contributed by atoms with E-state index in [-0.39, 0.29) is 13.2 Å². The van der Waals surface area contributed by atoms with E-state index in [9.17, 15) is 17.4 Å². The van der Waals surface area contributed by atoms with Crippen molar-refractivity contribution in [2.45, 2.75) is 54.2 Å². The molecule has 2 atom stereocenters. The van der Waals surface area contributed by atoms with Gasteiger partial charge < -0.3 is 9.64 Å². The van der Waals surface area contributed by atoms with Gasteiger partial charge in [-0.15, -0.1) is 0 Å². The molecular weight excluding hydrogens is 486 g/mol. The fourth-order valence-corrected chi connectivity index (χ4v) is 6.06. The zero-order valence-corrected chi connectivity index (χ0v) is 20.8. The molecule has 2 aromatic carbocycles. The molecular formula is C23H28F2N2O5S2. The summed E-state index contributed by atoms with van der Waals surface area (Å²) in [6.45, 7) is 3.78. The Labute approximate surface area is 201 Å². The fraction of sp³-hybridized carbons (Fsp3) is 0.435. The summed E-state index contributed by atoms with van der Waals surface area (Å²) in [7, 11) is -7.22. The summed E-state index contributed by atoms with van der Waals surface area (Å²) in [5, 5.41) is -4.38. The van der Waals surface area contributed by atoms with Crippen LogP contribution in [0.3, 0.4) is 0 Å². The molecule has 3 rings (SSSR count). The minimum absolute atomic E-state index is 0.0662. The van der Waals surface area contributed by atoms with Crippen molar-refractivity contribution in [3.63, 3.8) is 0 Å². The largest absolute Gasteiger partial charge is 0.445 e. The highest BCUT2D eigenvalue weighted by Gasteiger charge is 2.66. The molecule has 1 heterocycles. The van der Waals surface area contributed by atoms with Crippen LogP contribution in [0.15, 0.2) is 65.6 Å². The van der Waals surface area contributed by atoms with Crippen LogP contribution in [0.25, 0.3) is 0 Å². The zero-order valence-electron chi connectivity index (χ0n) is 19.2. The highest BCUT2D eigenvalue weighted by atomic mass is 32.2. The van der Waals surface area contributed by atoms with Crippen LogP contribution >= 0.6 is 0 Å². The third-order valence-electron chi connectivity index (χ3n) is 5.52. The maximum absolute atomic E-state index is 15.9. The monoisotopic (exact) mass is 514 g/mol. The van der Waals surface area contributed by atoms with Gasteiger partial charge in [0.05, 0.1) is 27.2 Å². The van der Waals surface area contributed by atoms with Gasteiger partial charge in [0.15, 0.2) is 0 Å². The van der Waals surface area contributed by atoms with E-state index in [1.807, 2.05) is 0 Å². The van der Waals surface area contributed by atoms with E-state index < -0.39 is 60.3 Å². The summed E-state index contributed by atoms with van der Waals surface area (Å²) in [6, 6.07) is 15.2. The number of carbonyl (C=O) groups is 1. The van der Waals surface area contributed by atoms with Gasteiger partial charge in [0, 0.05) is 6.54 Å². The number of nitrogens with zero attached hydrogens (tertiary/aromatic N) is 1. The molecule has 1 fully saturated rings. The molecule has 2 unspecified atom stereocenters. The number of halogens is 2. The zero-order chi connectivity index (χ0) is 25.2. The summed E-state index contributed by atoms with van der Waals surface area (Å²) < 4.78 is 77.5. The van der Waals surface area contributed by atoms with Crippen LogP contribution in [0, 0.1) is 0 Å². The number of hydrogen-bond donors (Lipinski definition) is 1. The average Bonchev–Trinajstić information content (AvgIpc) is 3.24. The third kappa shape index (κ3) is 5.16. The van der Waals surface area contributed by atoms with Crippen molar-refractivity contribution in [1.29, 1.82) is 0 Å². The Balaban J connectivity index is 1.91. The first-order valence-corrected chi connectivity index (χ1v) is 13.3. The number of amides is 1. The molecule has 1 N–H and O–H groups in total. The van der Waals surface area contributed by atoms with E-state index in [0.29, 0.717) is 5.56 Å². The first-order chi connectivity index (χ1) is 15.8. The van der Waals surface area contributed by atoms with Gasteiger partial charge in [-0.05, 0) is 44.9 Å². The second-order valence-electron chi connectivity index (χ2n) is 9.11. The number of benzene rings is 2. The Bertz CT molecular complexity index is 1140. The Morgan fingerprint density at radius 2 is 1.65 bits per heavy atom. The molecule has 0 spiro atoms. The number of sulfone groups is 1. The van der Waals surface area contributed by atoms with E-state index in [0.717, 1.165) is 17.0 Å². The first kappa shape index (κ1) is 26.2. The molecule has 1 saturated heterocycles. The van der Waals surface area contributed by atoms with Gasteiger partial charge in [0.2, 0.25) is 9.84 Å². The minimum Gasteiger partial charge on any atom is -0.445 e. The molecule has 0 radical (unpaired) electrons. The number of carbonyl (C=O) groups excluding carboxylic acids is 1. The smallest absolute Gasteiger partial charge is 0.410 e. The van der Waals surface area contributed by atoms with Crippen molar-refractivity contribution < 1.29 is 30.9 Å². The first-order valence-electron chi connectivity index (χ1n) is 10.6. The lowest BCUT2D eigenvalue weighted by Gasteiger charge is -2.38. The third-order valence-corrected chi connectivity index (χ3v) is 9.17. The predicted octanol–water partition coefficient (Wildman–Crippen LogP) is 3.89. The summed E-state index contributed by atoms with van der Waals surface area (Å²) in [5.74, 6) is 0. The lowest BCUT2D eigenvalue weighted by Crippen LogP contribution is -2.65. The molecule has 186 valence electrons. The number of rotatable bonds is 7. The summed E-state index contributed by atoms with van der Waals surface area (Å²) in [4.78, 5) is 13.1. The summed E-state index contributed by atoms with van der Waals surface area (Å²) in [5.41, 5.74) is -1.77. The second kappa shape index (κ2) is 9.71. The van der Waals surface area contributed by atoms with Crippen LogP contribution < -0.4 is 4.72 Å². The number of likely N-dealkylation sites (tertiary alicyclic amines) is 1. The van der Waals surface area contributed by atoms with Crippen LogP contribution in [0.5, 0.6) is 0 Å². The summed E-state index contributed by atoms with van der Waals surface area (Å²) >= 11 is 0. The lowest BCUT2D eigenvalue weighted by atomic mass is 10.0. The molecule has 0 saturated carbocycles. The molecule has 1 aliphatic heterocycles. The van der Waals surface area contributed by atoms with Gasteiger partial charge in [-0.2, -0.15) is 8.78 Å². The minimum atomic E-state index is -5.18. The van der Waals surface area contributed by atoms with Gasteiger partial charge >= 0.3 is 11.3 Å². The van der Waals surface area contributed by atoms with Crippen LogP contribution in [0.4, 0.5) is 13.6 Å². The Morgan fingerprint density at radius 1 is 1.09 bits per heavy atom. The number of ether oxygens (including phenoxy) is 1. The fourth-order valence-electron chi connectivity index (χ4n) is 3.49. The molecule has 0 aliphatic carbocycles. The second-order valence-corrected chi connectivity index (χ2v) is 13.1. The number of alkyl halides is 2.